The largest absolute Gasteiger partial charge is 0.370 e. The number of nitrogens with one attached hydrogen (secondary N) is 1. The second kappa shape index (κ2) is 8.31. The van der Waals surface area contributed by atoms with Crippen LogP contribution in [0, 0.1) is 13.8 Å². The minimum Gasteiger partial charge on any atom is -0.370 e. The number of ether oxygens (including phenoxy) is 1. The molecule has 28 heavy (non-hydrogen) atoms. The van der Waals surface area contributed by atoms with Crippen molar-refractivity contribution in [3.05, 3.63) is 46.6 Å². The maximum absolute atomic E-state index is 6.05. The minimum atomic E-state index is -0.156. The third-order valence-corrected chi connectivity index (χ3v) is 4.86. The van der Waals surface area contributed by atoms with Crippen LogP contribution in [-0.4, -0.2) is 47.7 Å². The van der Waals surface area contributed by atoms with Gasteiger partial charge < -0.3 is 19.5 Å². The molecular weight excluding hydrogens is 354 g/mol. The molecule has 1 aromatic carbocycles. The van der Waals surface area contributed by atoms with Gasteiger partial charge in [-0.05, 0) is 25.0 Å². The van der Waals surface area contributed by atoms with E-state index in [9.17, 15) is 0 Å². The zero-order chi connectivity index (χ0) is 20.3. The van der Waals surface area contributed by atoms with E-state index in [4.69, 9.17) is 9.26 Å². The Morgan fingerprint density at radius 1 is 1.32 bits per heavy atom. The molecule has 1 aromatic heterocycles. The molecule has 0 spiro atoms. The Morgan fingerprint density at radius 2 is 2.11 bits per heavy atom. The Morgan fingerprint density at radius 3 is 2.75 bits per heavy atom. The van der Waals surface area contributed by atoms with Gasteiger partial charge in [0.15, 0.2) is 11.8 Å². The van der Waals surface area contributed by atoms with Crippen molar-refractivity contribution in [2.45, 2.75) is 52.7 Å². The van der Waals surface area contributed by atoms with E-state index in [-0.39, 0.29) is 11.5 Å². The van der Waals surface area contributed by atoms with E-state index in [0.717, 1.165) is 19.0 Å². The van der Waals surface area contributed by atoms with Crippen LogP contribution in [0.25, 0.3) is 0 Å². The Kier molecular flexibility index (Phi) is 6.03. The van der Waals surface area contributed by atoms with E-state index in [0.29, 0.717) is 24.9 Å². The van der Waals surface area contributed by atoms with Gasteiger partial charge >= 0.3 is 0 Å². The van der Waals surface area contributed by atoms with Crippen LogP contribution in [0.1, 0.15) is 55.3 Å². The van der Waals surface area contributed by atoms with Gasteiger partial charge in [0.1, 0.15) is 6.10 Å². The maximum atomic E-state index is 6.05. The third kappa shape index (κ3) is 4.70. The Hall–Kier alpha value is -2.41. The molecule has 7 nitrogen and oxygen atoms in total. The summed E-state index contributed by atoms with van der Waals surface area (Å²) in [5, 5.41) is 7.42. The summed E-state index contributed by atoms with van der Waals surface area (Å²) < 4.78 is 11.4. The second-order valence-electron chi connectivity index (χ2n) is 8.33. The molecule has 7 heteroatoms. The molecule has 0 amide bonds. The average Bonchev–Trinajstić information content (AvgIpc) is 3.12. The zero-order valence-corrected chi connectivity index (χ0v) is 17.7. The molecule has 0 radical (unpaired) electrons. The van der Waals surface area contributed by atoms with Crippen LogP contribution in [0.15, 0.2) is 27.7 Å². The highest BCUT2D eigenvalue weighted by atomic mass is 16.5. The zero-order valence-electron chi connectivity index (χ0n) is 17.7. The first kappa shape index (κ1) is 20.3. The van der Waals surface area contributed by atoms with E-state index in [1.165, 1.54) is 16.7 Å². The molecule has 2 heterocycles. The van der Waals surface area contributed by atoms with Crippen molar-refractivity contribution < 1.29 is 9.26 Å². The third-order valence-electron chi connectivity index (χ3n) is 4.86. The standard InChI is InChI=1S/C21H31N5O2/c1-14-7-8-16(15(2)11-14)17-13-26(9-10-27-17)20(22-6)23-12-18-24-19(28-25-18)21(3,4)5/h7-8,11,17H,9-10,12-13H2,1-6H3,(H,22,23). The van der Waals surface area contributed by atoms with Gasteiger partial charge in [0, 0.05) is 19.0 Å². The lowest BCUT2D eigenvalue weighted by Crippen LogP contribution is -2.48. The van der Waals surface area contributed by atoms with Crippen LogP contribution in [0.5, 0.6) is 0 Å². The summed E-state index contributed by atoms with van der Waals surface area (Å²) in [5.74, 6) is 2.09. The van der Waals surface area contributed by atoms with Crippen molar-refractivity contribution in [3.63, 3.8) is 0 Å². The molecule has 0 saturated carbocycles. The van der Waals surface area contributed by atoms with Crippen LogP contribution >= 0.6 is 0 Å². The summed E-state index contributed by atoms with van der Waals surface area (Å²) in [6.07, 6.45) is 0.0329. The molecule has 1 aliphatic heterocycles. The Balaban J connectivity index is 1.64. The monoisotopic (exact) mass is 385 g/mol. The van der Waals surface area contributed by atoms with Crippen LogP contribution in [0.3, 0.4) is 0 Å². The van der Waals surface area contributed by atoms with Crippen LogP contribution in [0.2, 0.25) is 0 Å². The summed E-state index contributed by atoms with van der Waals surface area (Å²) in [6.45, 7) is 13.1. The fraction of sp³-hybridized carbons (Fsp3) is 0.571. The summed E-state index contributed by atoms with van der Waals surface area (Å²) in [5.41, 5.74) is 3.60. The second-order valence-corrected chi connectivity index (χ2v) is 8.33. The van der Waals surface area contributed by atoms with Crippen LogP contribution in [-0.2, 0) is 16.7 Å². The van der Waals surface area contributed by atoms with Crippen molar-refractivity contribution in [2.24, 2.45) is 4.99 Å². The van der Waals surface area contributed by atoms with Crippen molar-refractivity contribution in [3.8, 4) is 0 Å². The van der Waals surface area contributed by atoms with Crippen LogP contribution < -0.4 is 5.32 Å². The normalized spacial score (nSPS) is 18.4. The molecule has 152 valence electrons. The molecular formula is C21H31N5O2. The lowest BCUT2D eigenvalue weighted by Gasteiger charge is -2.35. The highest BCUT2D eigenvalue weighted by Crippen LogP contribution is 2.26. The summed E-state index contributed by atoms with van der Waals surface area (Å²) in [7, 11) is 1.79. The summed E-state index contributed by atoms with van der Waals surface area (Å²) >= 11 is 0. The predicted molar refractivity (Wildman–Crippen MR) is 109 cm³/mol. The maximum Gasteiger partial charge on any atom is 0.232 e. The van der Waals surface area contributed by atoms with Crippen molar-refractivity contribution in [2.75, 3.05) is 26.7 Å². The number of hydrogen-bond acceptors (Lipinski definition) is 5. The van der Waals surface area contributed by atoms with Gasteiger partial charge in [0.25, 0.3) is 0 Å². The molecule has 1 unspecified atom stereocenters. The smallest absolute Gasteiger partial charge is 0.232 e. The van der Waals surface area contributed by atoms with Crippen LogP contribution in [0.4, 0.5) is 0 Å². The predicted octanol–water partition coefficient (Wildman–Crippen LogP) is 3.13. The first-order chi connectivity index (χ1) is 13.3. The number of nitrogens with zero attached hydrogens (tertiary/aromatic N) is 4. The van der Waals surface area contributed by atoms with Gasteiger partial charge in [-0.1, -0.05) is 49.7 Å². The fourth-order valence-electron chi connectivity index (χ4n) is 3.34. The van der Waals surface area contributed by atoms with E-state index in [1.807, 2.05) is 0 Å². The summed E-state index contributed by atoms with van der Waals surface area (Å²) in [4.78, 5) is 11.1. The molecule has 1 aliphatic rings. The molecule has 3 rings (SSSR count). The van der Waals surface area contributed by atoms with Crippen molar-refractivity contribution in [1.82, 2.24) is 20.4 Å². The van der Waals surface area contributed by atoms with Crippen molar-refractivity contribution in [1.29, 1.82) is 0 Å². The number of benzene rings is 1. The van der Waals surface area contributed by atoms with Crippen molar-refractivity contribution >= 4 is 5.96 Å². The van der Waals surface area contributed by atoms with Gasteiger partial charge in [-0.15, -0.1) is 0 Å². The average molecular weight is 386 g/mol. The van der Waals surface area contributed by atoms with E-state index >= 15 is 0 Å². The summed E-state index contributed by atoms with van der Waals surface area (Å²) in [6, 6.07) is 6.51. The highest BCUT2D eigenvalue weighted by Gasteiger charge is 2.26. The lowest BCUT2D eigenvalue weighted by atomic mass is 9.97. The molecule has 0 bridgehead atoms. The molecule has 1 fully saturated rings. The first-order valence-corrected chi connectivity index (χ1v) is 9.75. The number of aryl methyl sites for hydroxylation is 2. The highest BCUT2D eigenvalue weighted by molar-refractivity contribution is 5.80. The molecule has 1 saturated heterocycles. The lowest BCUT2D eigenvalue weighted by molar-refractivity contribution is -0.00835. The Labute approximate surface area is 167 Å². The molecule has 2 aromatic rings. The van der Waals surface area contributed by atoms with E-state index < -0.39 is 0 Å². The fourth-order valence-corrected chi connectivity index (χ4v) is 3.34. The number of aromatic nitrogens is 2. The number of rotatable bonds is 3. The molecule has 0 aliphatic carbocycles. The number of guanidine groups is 1. The topological polar surface area (TPSA) is 75.8 Å². The first-order valence-electron chi connectivity index (χ1n) is 9.75. The quantitative estimate of drug-likeness (QED) is 0.646. The van der Waals surface area contributed by atoms with Gasteiger partial charge in [0.2, 0.25) is 5.89 Å². The molecule has 1 atom stereocenters. The van der Waals surface area contributed by atoms with E-state index in [1.54, 1.807) is 7.05 Å². The number of aliphatic imine (C=N–C) groups is 1. The molecule has 1 N–H and O–H groups in total. The number of morpholine rings is 1. The number of hydrogen-bond donors (Lipinski definition) is 1. The van der Waals surface area contributed by atoms with Gasteiger partial charge in [-0.2, -0.15) is 4.98 Å². The van der Waals surface area contributed by atoms with Gasteiger partial charge in [-0.25, -0.2) is 0 Å². The van der Waals surface area contributed by atoms with E-state index in [2.05, 4.69) is 78.2 Å². The van der Waals surface area contributed by atoms with Gasteiger partial charge in [-0.3, -0.25) is 4.99 Å². The minimum absolute atomic E-state index is 0.0329. The van der Waals surface area contributed by atoms with Gasteiger partial charge in [0.05, 0.1) is 19.7 Å². The SMILES string of the molecule is CN=C(NCc1noc(C(C)(C)C)n1)N1CCOC(c2ccc(C)cc2C)C1. The Bertz CT molecular complexity index is 838.